The van der Waals surface area contributed by atoms with Gasteiger partial charge in [0, 0.05) is 4.90 Å². The first kappa shape index (κ1) is 19.7. The van der Waals surface area contributed by atoms with Gasteiger partial charge in [0.1, 0.15) is 5.75 Å². The number of hydrogen-bond donors (Lipinski definition) is 1. The Labute approximate surface area is 168 Å². The molecule has 0 saturated carbocycles. The topological polar surface area (TPSA) is 46.9 Å². The average molecular weight is 403 g/mol. The Bertz CT molecular complexity index is 897. The molecule has 1 N–H and O–H groups in total. The lowest BCUT2D eigenvalue weighted by molar-refractivity contribution is -0.856. The second kappa shape index (κ2) is 9.21. The smallest absolute Gasteiger partial charge is 0.266 e. The number of aromatic nitrogens is 1. The van der Waals surface area contributed by atoms with Crippen LogP contribution in [0.5, 0.6) is 5.75 Å². The van der Waals surface area contributed by atoms with E-state index >= 15 is 0 Å². The van der Waals surface area contributed by atoms with Gasteiger partial charge in [-0.25, -0.2) is 4.98 Å². The van der Waals surface area contributed by atoms with E-state index in [-0.39, 0.29) is 12.5 Å². The second-order valence-corrected chi connectivity index (χ2v) is 8.26. The van der Waals surface area contributed by atoms with Crippen molar-refractivity contribution in [2.24, 2.45) is 0 Å². The Morgan fingerprint density at radius 3 is 2.67 bits per heavy atom. The van der Waals surface area contributed by atoms with E-state index in [0.717, 1.165) is 26.8 Å². The summed E-state index contributed by atoms with van der Waals surface area (Å²) in [6.07, 6.45) is 2.04. The van der Waals surface area contributed by atoms with Gasteiger partial charge in [-0.05, 0) is 30.5 Å². The quantitative estimate of drug-likeness (QED) is 0.589. The molecule has 0 aliphatic heterocycles. The van der Waals surface area contributed by atoms with Crippen LogP contribution < -0.4 is 14.5 Å². The van der Waals surface area contributed by atoms with E-state index in [0.29, 0.717) is 12.3 Å². The number of amides is 1. The Kier molecular flexibility index (Phi) is 6.71. The first-order valence-electron chi connectivity index (χ1n) is 8.79. The number of nitrogens with zero attached hydrogens (tertiary/aromatic N) is 2. The third-order valence-corrected chi connectivity index (χ3v) is 5.88. The number of anilines is 1. The number of fused-ring (bicyclic) bond motifs is 1. The second-order valence-electron chi connectivity index (χ2n) is 6.41. The molecule has 27 heavy (non-hydrogen) atoms. The van der Waals surface area contributed by atoms with Gasteiger partial charge in [0.2, 0.25) is 0 Å². The van der Waals surface area contributed by atoms with E-state index < -0.39 is 0 Å². The Morgan fingerprint density at radius 2 is 1.96 bits per heavy atom. The van der Waals surface area contributed by atoms with Crippen molar-refractivity contribution in [2.45, 2.75) is 4.90 Å². The minimum absolute atomic E-state index is 0.00190. The van der Waals surface area contributed by atoms with Gasteiger partial charge in [0.25, 0.3) is 5.91 Å². The zero-order valence-corrected chi connectivity index (χ0v) is 17.4. The van der Waals surface area contributed by atoms with Crippen molar-refractivity contribution in [3.63, 3.8) is 0 Å². The summed E-state index contributed by atoms with van der Waals surface area (Å²) in [6, 6.07) is 15.6. The zero-order chi connectivity index (χ0) is 19.2. The fourth-order valence-corrected chi connectivity index (χ4v) is 4.26. The molecule has 7 heteroatoms. The molecule has 1 aromatic heterocycles. The normalized spacial score (nSPS) is 11.1. The molecule has 0 atom stereocenters. The van der Waals surface area contributed by atoms with Crippen molar-refractivity contribution in [1.29, 1.82) is 0 Å². The van der Waals surface area contributed by atoms with Crippen LogP contribution in [0.25, 0.3) is 10.2 Å². The van der Waals surface area contributed by atoms with Gasteiger partial charge in [0.05, 0.1) is 37.4 Å². The zero-order valence-electron chi connectivity index (χ0n) is 15.8. The SMILES string of the molecule is CSc1cccc2sc(N(CC[NH+](C)C)C(=O)COc3ccccc3)nc12. The number of quaternary nitrogens is 1. The molecule has 3 aromatic rings. The lowest BCUT2D eigenvalue weighted by Crippen LogP contribution is -3.06. The molecule has 142 valence electrons. The third kappa shape index (κ3) is 5.00. The Balaban J connectivity index is 1.83. The molecule has 0 saturated heterocycles. The Morgan fingerprint density at radius 1 is 1.19 bits per heavy atom. The molecule has 0 radical (unpaired) electrons. The molecule has 1 amide bonds. The fraction of sp³-hybridized carbons (Fsp3) is 0.300. The molecule has 0 aliphatic rings. The standard InChI is InChI=1S/C20H23N3O2S2/c1-22(2)12-13-23(18(24)14-25-15-8-5-4-6-9-15)20-21-19-16(26-3)10-7-11-17(19)27-20/h4-11H,12-14H2,1-3H3/p+1. The van der Waals surface area contributed by atoms with Crippen LogP contribution in [-0.2, 0) is 4.79 Å². The summed E-state index contributed by atoms with van der Waals surface area (Å²) in [6.45, 7) is 1.44. The highest BCUT2D eigenvalue weighted by Gasteiger charge is 2.22. The van der Waals surface area contributed by atoms with Crippen molar-refractivity contribution in [2.75, 3.05) is 44.9 Å². The van der Waals surface area contributed by atoms with Crippen LogP contribution in [0.4, 0.5) is 5.13 Å². The van der Waals surface area contributed by atoms with Crippen molar-refractivity contribution in [3.05, 3.63) is 48.5 Å². The number of hydrogen-bond acceptors (Lipinski definition) is 5. The minimum atomic E-state index is -0.0788. The van der Waals surface area contributed by atoms with Crippen LogP contribution in [0.3, 0.4) is 0 Å². The monoisotopic (exact) mass is 402 g/mol. The summed E-state index contributed by atoms with van der Waals surface area (Å²) < 4.78 is 6.76. The largest absolute Gasteiger partial charge is 0.484 e. The van der Waals surface area contributed by atoms with E-state index in [4.69, 9.17) is 9.72 Å². The number of thiazole rings is 1. The van der Waals surface area contributed by atoms with Crippen molar-refractivity contribution in [1.82, 2.24) is 4.98 Å². The van der Waals surface area contributed by atoms with Crippen molar-refractivity contribution < 1.29 is 14.4 Å². The molecule has 2 aromatic carbocycles. The highest BCUT2D eigenvalue weighted by molar-refractivity contribution is 7.98. The molecule has 0 spiro atoms. The van der Waals surface area contributed by atoms with Gasteiger partial charge in [-0.15, -0.1) is 11.8 Å². The van der Waals surface area contributed by atoms with Gasteiger partial charge in [-0.1, -0.05) is 35.6 Å². The molecule has 3 rings (SSSR count). The summed E-state index contributed by atoms with van der Waals surface area (Å²) in [5.41, 5.74) is 0.962. The van der Waals surface area contributed by atoms with Gasteiger partial charge in [0.15, 0.2) is 11.7 Å². The summed E-state index contributed by atoms with van der Waals surface area (Å²) in [5, 5.41) is 0.731. The van der Waals surface area contributed by atoms with E-state index in [9.17, 15) is 4.79 Å². The summed E-state index contributed by atoms with van der Waals surface area (Å²) >= 11 is 3.22. The molecule has 0 aliphatic carbocycles. The number of nitrogens with one attached hydrogen (secondary N) is 1. The van der Waals surface area contributed by atoms with Crippen LogP contribution in [0.15, 0.2) is 53.4 Å². The number of benzene rings is 2. The molecule has 0 unspecified atom stereocenters. The predicted octanol–water partition coefficient (Wildman–Crippen LogP) is 2.57. The van der Waals surface area contributed by atoms with E-state index in [1.807, 2.05) is 42.7 Å². The van der Waals surface area contributed by atoms with Gasteiger partial charge >= 0.3 is 0 Å². The average Bonchev–Trinajstić information content (AvgIpc) is 3.11. The highest BCUT2D eigenvalue weighted by Crippen LogP contribution is 2.34. The van der Waals surface area contributed by atoms with Gasteiger partial charge < -0.3 is 9.64 Å². The fourth-order valence-electron chi connectivity index (χ4n) is 2.59. The number of likely N-dealkylation sites (N-methyl/N-ethyl adjacent to an activating group) is 1. The molecule has 5 nitrogen and oxygen atoms in total. The maximum absolute atomic E-state index is 12.9. The minimum Gasteiger partial charge on any atom is -0.484 e. The number of carbonyl (C=O) groups is 1. The first-order valence-corrected chi connectivity index (χ1v) is 10.8. The molecule has 0 fully saturated rings. The Hall–Kier alpha value is -2.09. The number of carbonyl (C=O) groups excluding carboxylic acids is 1. The highest BCUT2D eigenvalue weighted by atomic mass is 32.2. The van der Waals surface area contributed by atoms with Gasteiger partial charge in [-0.3, -0.25) is 9.69 Å². The third-order valence-electron chi connectivity index (χ3n) is 4.06. The van der Waals surface area contributed by atoms with E-state index in [1.165, 1.54) is 4.90 Å². The van der Waals surface area contributed by atoms with Crippen LogP contribution in [-0.4, -0.2) is 50.9 Å². The predicted molar refractivity (Wildman–Crippen MR) is 113 cm³/mol. The van der Waals surface area contributed by atoms with E-state index in [2.05, 4.69) is 26.2 Å². The molecular formula is C20H24N3O2S2+. The van der Waals surface area contributed by atoms with Crippen LogP contribution >= 0.6 is 23.1 Å². The summed E-state index contributed by atoms with van der Waals surface area (Å²) in [7, 11) is 4.15. The first-order chi connectivity index (χ1) is 13.1. The molecule has 0 bridgehead atoms. The summed E-state index contributed by atoms with van der Waals surface area (Å²) in [4.78, 5) is 21.9. The maximum atomic E-state index is 12.9. The van der Waals surface area contributed by atoms with Crippen molar-refractivity contribution >= 4 is 44.4 Å². The van der Waals surface area contributed by atoms with Crippen LogP contribution in [0.2, 0.25) is 0 Å². The van der Waals surface area contributed by atoms with Crippen molar-refractivity contribution in [3.8, 4) is 5.75 Å². The number of thioether (sulfide) groups is 1. The lowest BCUT2D eigenvalue weighted by atomic mass is 10.3. The molecular weight excluding hydrogens is 378 g/mol. The lowest BCUT2D eigenvalue weighted by Gasteiger charge is -2.20. The maximum Gasteiger partial charge on any atom is 0.266 e. The number of rotatable bonds is 8. The van der Waals surface area contributed by atoms with Crippen LogP contribution in [0, 0.1) is 0 Å². The number of ether oxygens (including phenoxy) is 1. The number of para-hydroxylation sites is 2. The molecule has 1 heterocycles. The summed E-state index contributed by atoms with van der Waals surface area (Å²) in [5.74, 6) is 0.614. The van der Waals surface area contributed by atoms with E-state index in [1.54, 1.807) is 28.0 Å². The van der Waals surface area contributed by atoms with Gasteiger partial charge in [-0.2, -0.15) is 0 Å². The van der Waals surface area contributed by atoms with Crippen LogP contribution in [0.1, 0.15) is 0 Å².